The van der Waals surface area contributed by atoms with Gasteiger partial charge in [-0.25, -0.2) is 0 Å². The quantitative estimate of drug-likeness (QED) is 0.246. The minimum Gasteiger partial charge on any atom is -0.347 e. The van der Waals surface area contributed by atoms with Crippen LogP contribution in [0.5, 0.6) is 0 Å². The Balaban J connectivity index is 2.30. The highest BCUT2D eigenvalue weighted by atomic mass is 32.7. The predicted molar refractivity (Wildman–Crippen MR) is 104 cm³/mol. The Hall–Kier alpha value is -0.820. The molecular weight excluding hydrogens is 375 g/mol. The van der Waals surface area contributed by atoms with Gasteiger partial charge in [-0.15, -0.1) is 12.2 Å². The summed E-state index contributed by atoms with van der Waals surface area (Å²) in [5.41, 5.74) is 0. The number of nitrogens with one attached hydrogen (secondary N) is 2. The SMILES string of the molecule is CP(S)O[C@H]1CC[C@@H](NC(C=O)CCC(=O)NC(C=O)CCC=O)CC1. The van der Waals surface area contributed by atoms with E-state index in [-0.39, 0.29) is 36.9 Å². The van der Waals surface area contributed by atoms with E-state index in [0.29, 0.717) is 25.4 Å². The molecule has 26 heavy (non-hydrogen) atoms. The van der Waals surface area contributed by atoms with Crippen molar-refractivity contribution in [2.45, 2.75) is 75.6 Å². The van der Waals surface area contributed by atoms with Gasteiger partial charge >= 0.3 is 0 Å². The number of hydrogen-bond acceptors (Lipinski definition) is 7. The van der Waals surface area contributed by atoms with Crippen LogP contribution < -0.4 is 10.6 Å². The number of carbonyl (C=O) groups is 4. The number of rotatable bonds is 13. The third-order valence-corrected chi connectivity index (χ3v) is 5.26. The summed E-state index contributed by atoms with van der Waals surface area (Å²) in [5, 5.41) is 5.88. The standard InChI is InChI=1S/C17H29N2O5PS/c1-25(26)24-16-7-4-13(5-8-16)18-15(12-22)6-9-17(23)19-14(11-21)3-2-10-20/h10-16,18,26H,2-9H2,1H3,(H,19,23)/t13-,14?,15?,16+,25?. The van der Waals surface area contributed by atoms with Gasteiger partial charge in [0.15, 0.2) is 0 Å². The lowest BCUT2D eigenvalue weighted by atomic mass is 9.92. The molecule has 0 saturated heterocycles. The van der Waals surface area contributed by atoms with Crippen molar-refractivity contribution in [2.75, 3.05) is 6.66 Å². The fraction of sp³-hybridized carbons (Fsp3) is 0.765. The highest BCUT2D eigenvalue weighted by Gasteiger charge is 2.24. The summed E-state index contributed by atoms with van der Waals surface area (Å²) in [7, 11) is -0.654. The normalized spacial score (nSPS) is 23.5. The van der Waals surface area contributed by atoms with Gasteiger partial charge in [-0.1, -0.05) is 0 Å². The first-order valence-corrected chi connectivity index (χ1v) is 11.8. The van der Waals surface area contributed by atoms with Crippen LogP contribution in [-0.2, 0) is 23.7 Å². The Morgan fingerprint density at radius 2 is 1.81 bits per heavy atom. The molecule has 148 valence electrons. The molecule has 1 aliphatic carbocycles. The van der Waals surface area contributed by atoms with Gasteiger partial charge in [-0.05, 0) is 45.2 Å². The number of amides is 1. The van der Waals surface area contributed by atoms with Crippen LogP contribution in [0.15, 0.2) is 0 Å². The zero-order chi connectivity index (χ0) is 19.4. The molecule has 1 aliphatic rings. The molecule has 0 radical (unpaired) electrons. The van der Waals surface area contributed by atoms with E-state index < -0.39 is 13.4 Å². The van der Waals surface area contributed by atoms with Gasteiger partial charge in [0.1, 0.15) is 18.9 Å². The van der Waals surface area contributed by atoms with Crippen LogP contribution in [0.4, 0.5) is 0 Å². The summed E-state index contributed by atoms with van der Waals surface area (Å²) in [4.78, 5) is 44.4. The molecule has 0 aromatic heterocycles. The zero-order valence-corrected chi connectivity index (χ0v) is 16.9. The first kappa shape index (κ1) is 23.2. The number of hydrogen-bond donors (Lipinski definition) is 3. The first-order valence-electron chi connectivity index (χ1n) is 8.97. The van der Waals surface area contributed by atoms with Crippen LogP contribution in [-0.4, -0.2) is 55.7 Å². The van der Waals surface area contributed by atoms with Crippen molar-refractivity contribution in [3.05, 3.63) is 0 Å². The Labute approximate surface area is 161 Å². The van der Waals surface area contributed by atoms with E-state index in [0.717, 1.165) is 32.0 Å². The zero-order valence-electron chi connectivity index (χ0n) is 15.1. The molecule has 1 rings (SSSR count). The fourth-order valence-electron chi connectivity index (χ4n) is 3.03. The highest BCUT2D eigenvalue weighted by molar-refractivity contribution is 8.43. The molecule has 3 atom stereocenters. The molecule has 2 N–H and O–H groups in total. The Bertz CT molecular complexity index is 458. The average Bonchev–Trinajstić information content (AvgIpc) is 2.63. The lowest BCUT2D eigenvalue weighted by Crippen LogP contribution is -2.43. The highest BCUT2D eigenvalue weighted by Crippen LogP contribution is 2.41. The number of carbonyl (C=O) groups excluding carboxylic acids is 4. The summed E-state index contributed by atoms with van der Waals surface area (Å²) in [6, 6.07) is -0.797. The minimum absolute atomic E-state index is 0.153. The second-order valence-electron chi connectivity index (χ2n) is 6.55. The smallest absolute Gasteiger partial charge is 0.220 e. The maximum Gasteiger partial charge on any atom is 0.220 e. The van der Waals surface area contributed by atoms with Crippen molar-refractivity contribution < 1.29 is 23.7 Å². The molecule has 0 spiro atoms. The van der Waals surface area contributed by atoms with Gasteiger partial charge < -0.3 is 29.5 Å². The van der Waals surface area contributed by atoms with E-state index in [1.165, 1.54) is 0 Å². The molecule has 1 saturated carbocycles. The molecule has 1 fully saturated rings. The van der Waals surface area contributed by atoms with E-state index >= 15 is 0 Å². The largest absolute Gasteiger partial charge is 0.347 e. The predicted octanol–water partition coefficient (Wildman–Crippen LogP) is 1.79. The van der Waals surface area contributed by atoms with Crippen LogP contribution in [0.3, 0.4) is 0 Å². The van der Waals surface area contributed by atoms with Crippen LogP contribution in [0, 0.1) is 0 Å². The molecular formula is C17H29N2O5PS. The number of thiol groups is 1. The average molecular weight is 404 g/mol. The fourth-order valence-corrected chi connectivity index (χ4v) is 4.07. The van der Waals surface area contributed by atoms with Crippen LogP contribution in [0.2, 0.25) is 0 Å². The lowest BCUT2D eigenvalue weighted by Gasteiger charge is -2.31. The molecule has 0 bridgehead atoms. The minimum atomic E-state index is -0.654. The molecule has 0 aromatic carbocycles. The van der Waals surface area contributed by atoms with Gasteiger partial charge in [-0.3, -0.25) is 4.79 Å². The third kappa shape index (κ3) is 9.76. The summed E-state index contributed by atoms with van der Waals surface area (Å²) >= 11 is 4.30. The van der Waals surface area contributed by atoms with Gasteiger partial charge in [0.25, 0.3) is 0 Å². The second kappa shape index (κ2) is 13.4. The van der Waals surface area contributed by atoms with Crippen molar-refractivity contribution in [3.63, 3.8) is 0 Å². The van der Waals surface area contributed by atoms with Crippen molar-refractivity contribution in [3.8, 4) is 0 Å². The summed E-state index contributed by atoms with van der Waals surface area (Å²) in [6.07, 6.45) is 7.21. The second-order valence-corrected chi connectivity index (χ2v) is 9.37. The first-order chi connectivity index (χ1) is 12.5. The van der Waals surface area contributed by atoms with Crippen molar-refractivity contribution in [2.24, 2.45) is 0 Å². The monoisotopic (exact) mass is 404 g/mol. The lowest BCUT2D eigenvalue weighted by molar-refractivity contribution is -0.124. The van der Waals surface area contributed by atoms with Crippen molar-refractivity contribution in [1.29, 1.82) is 0 Å². The van der Waals surface area contributed by atoms with E-state index in [1.807, 2.05) is 6.66 Å². The van der Waals surface area contributed by atoms with Crippen LogP contribution in [0.1, 0.15) is 51.4 Å². The van der Waals surface area contributed by atoms with Crippen molar-refractivity contribution in [1.82, 2.24) is 10.6 Å². The molecule has 0 heterocycles. The molecule has 9 heteroatoms. The topological polar surface area (TPSA) is 102 Å². The molecule has 1 amide bonds. The molecule has 0 aliphatic heterocycles. The van der Waals surface area contributed by atoms with Gasteiger partial charge in [0.05, 0.1) is 25.5 Å². The van der Waals surface area contributed by atoms with Gasteiger partial charge in [0.2, 0.25) is 5.91 Å². The van der Waals surface area contributed by atoms with Crippen molar-refractivity contribution >= 4 is 44.4 Å². The van der Waals surface area contributed by atoms with E-state index in [1.54, 1.807) is 0 Å². The Morgan fingerprint density at radius 3 is 2.35 bits per heavy atom. The van der Waals surface area contributed by atoms with Crippen LogP contribution in [0.25, 0.3) is 0 Å². The van der Waals surface area contributed by atoms with Gasteiger partial charge in [0, 0.05) is 18.9 Å². The molecule has 3 unspecified atom stereocenters. The Kier molecular flexibility index (Phi) is 11.9. The summed E-state index contributed by atoms with van der Waals surface area (Å²) in [6.45, 7) is 1.96. The van der Waals surface area contributed by atoms with Gasteiger partial charge in [-0.2, -0.15) is 0 Å². The maximum atomic E-state index is 11.9. The Morgan fingerprint density at radius 1 is 1.15 bits per heavy atom. The van der Waals surface area contributed by atoms with E-state index in [2.05, 4.69) is 22.9 Å². The number of aldehydes is 3. The summed E-state index contributed by atoms with van der Waals surface area (Å²) in [5.74, 6) is -0.288. The summed E-state index contributed by atoms with van der Waals surface area (Å²) < 4.78 is 5.75. The maximum absolute atomic E-state index is 11.9. The van der Waals surface area contributed by atoms with E-state index in [9.17, 15) is 19.2 Å². The molecule has 7 nitrogen and oxygen atoms in total. The van der Waals surface area contributed by atoms with E-state index in [4.69, 9.17) is 4.52 Å². The molecule has 0 aromatic rings. The van der Waals surface area contributed by atoms with Crippen LogP contribution >= 0.6 is 19.6 Å². The third-order valence-electron chi connectivity index (χ3n) is 4.38.